The Balaban J connectivity index is 2.82. The van der Waals surface area contributed by atoms with Gasteiger partial charge < -0.3 is 16.3 Å². The summed E-state index contributed by atoms with van der Waals surface area (Å²) in [6.07, 6.45) is -4.69. The van der Waals surface area contributed by atoms with E-state index < -0.39 is 30.3 Å². The number of anilines is 1. The minimum atomic E-state index is -4.69. The van der Waals surface area contributed by atoms with E-state index in [0.29, 0.717) is 0 Å². The fraction of sp³-hybridized carbons (Fsp3) is 0.300. The molecule has 0 radical (unpaired) electrons. The third-order valence-corrected chi connectivity index (χ3v) is 2.46. The van der Waals surface area contributed by atoms with Crippen LogP contribution in [0.2, 0.25) is 5.02 Å². The number of hydrogen-bond donors (Lipinski definition) is 3. The van der Waals surface area contributed by atoms with Gasteiger partial charge in [0.15, 0.2) is 5.84 Å². The van der Waals surface area contributed by atoms with E-state index in [1.54, 1.807) is 0 Å². The number of oxime groups is 1. The second kappa shape index (κ2) is 5.96. The molecule has 0 amide bonds. The highest BCUT2D eigenvalue weighted by molar-refractivity contribution is 6.30. The molecule has 0 heterocycles. The summed E-state index contributed by atoms with van der Waals surface area (Å²) in [4.78, 5) is 0. The first-order valence-corrected chi connectivity index (χ1v) is 5.36. The third kappa shape index (κ3) is 4.47. The summed E-state index contributed by atoms with van der Waals surface area (Å²) in [5, 5.41) is 13.0. The van der Waals surface area contributed by atoms with Crippen molar-refractivity contribution in [1.82, 2.24) is 0 Å². The maximum atomic E-state index is 13.0. The first kappa shape index (κ1) is 15.4. The van der Waals surface area contributed by atoms with Gasteiger partial charge in [0.1, 0.15) is 11.7 Å². The summed E-state index contributed by atoms with van der Waals surface area (Å²) in [5.74, 6) is -3.87. The SMILES string of the molecule is N/C(=N/O)C(CNc1cc(F)cc(Cl)c1)C(F)(F)F. The number of nitrogens with one attached hydrogen (secondary N) is 1. The first-order chi connectivity index (χ1) is 8.74. The van der Waals surface area contributed by atoms with Crippen molar-refractivity contribution < 1.29 is 22.8 Å². The lowest BCUT2D eigenvalue weighted by molar-refractivity contribution is -0.152. The molecule has 1 rings (SSSR count). The highest BCUT2D eigenvalue weighted by Crippen LogP contribution is 2.27. The quantitative estimate of drug-likeness (QED) is 0.263. The Morgan fingerprint density at radius 1 is 1.42 bits per heavy atom. The summed E-state index contributed by atoms with van der Waals surface area (Å²) < 4.78 is 50.8. The van der Waals surface area contributed by atoms with Crippen LogP contribution in [0.4, 0.5) is 23.2 Å². The molecule has 0 spiro atoms. The Morgan fingerprint density at radius 3 is 2.53 bits per heavy atom. The van der Waals surface area contributed by atoms with Crippen LogP contribution in [0.1, 0.15) is 0 Å². The van der Waals surface area contributed by atoms with Crippen LogP contribution >= 0.6 is 11.6 Å². The molecule has 1 unspecified atom stereocenters. The second-order valence-corrected chi connectivity index (χ2v) is 4.09. The molecular formula is C10H10ClF4N3O. The summed E-state index contributed by atoms with van der Waals surface area (Å²) >= 11 is 5.55. The van der Waals surface area contributed by atoms with Crippen molar-refractivity contribution in [1.29, 1.82) is 0 Å². The number of amidine groups is 1. The number of rotatable bonds is 4. The lowest BCUT2D eigenvalue weighted by Gasteiger charge is -2.19. The zero-order valence-corrected chi connectivity index (χ0v) is 10.1. The van der Waals surface area contributed by atoms with E-state index in [1.807, 2.05) is 0 Å². The molecule has 0 aliphatic rings. The Labute approximate surface area is 110 Å². The summed E-state index contributed by atoms with van der Waals surface area (Å²) in [6, 6.07) is 3.24. The fourth-order valence-corrected chi connectivity index (χ4v) is 1.56. The standard InChI is InChI=1S/C10H10ClF4N3O/c11-5-1-6(12)3-7(2-5)17-4-8(9(16)18-19)10(13,14)15/h1-3,8,17,19H,4H2,(H2,16,18). The molecule has 4 N–H and O–H groups in total. The zero-order chi connectivity index (χ0) is 14.6. The molecule has 19 heavy (non-hydrogen) atoms. The Bertz CT molecular complexity index is 458. The predicted octanol–water partition coefficient (Wildman–Crippen LogP) is 2.82. The fourth-order valence-electron chi connectivity index (χ4n) is 1.33. The van der Waals surface area contributed by atoms with Gasteiger partial charge in [-0.05, 0) is 18.2 Å². The Kier molecular flexibility index (Phi) is 4.82. The van der Waals surface area contributed by atoms with Crippen molar-refractivity contribution in [2.45, 2.75) is 6.18 Å². The van der Waals surface area contributed by atoms with E-state index in [4.69, 9.17) is 22.5 Å². The third-order valence-electron chi connectivity index (χ3n) is 2.24. The van der Waals surface area contributed by atoms with E-state index in [0.717, 1.165) is 12.1 Å². The molecule has 1 aromatic carbocycles. The van der Waals surface area contributed by atoms with Crippen LogP contribution in [0.3, 0.4) is 0 Å². The van der Waals surface area contributed by atoms with Gasteiger partial charge in [-0.15, -0.1) is 0 Å². The molecule has 106 valence electrons. The molecule has 1 atom stereocenters. The van der Waals surface area contributed by atoms with Gasteiger partial charge in [0.05, 0.1) is 0 Å². The van der Waals surface area contributed by atoms with E-state index in [9.17, 15) is 17.6 Å². The van der Waals surface area contributed by atoms with Crippen molar-refractivity contribution in [2.75, 3.05) is 11.9 Å². The molecule has 0 saturated carbocycles. The summed E-state index contributed by atoms with van der Waals surface area (Å²) in [7, 11) is 0. The smallest absolute Gasteiger partial charge is 0.400 e. The molecule has 0 bridgehead atoms. The van der Waals surface area contributed by atoms with Crippen molar-refractivity contribution in [2.24, 2.45) is 16.8 Å². The van der Waals surface area contributed by atoms with Crippen LogP contribution in [0.25, 0.3) is 0 Å². The van der Waals surface area contributed by atoms with E-state index in [-0.39, 0.29) is 10.7 Å². The largest absolute Gasteiger partial charge is 0.409 e. The Hall–Kier alpha value is -1.70. The van der Waals surface area contributed by atoms with Gasteiger partial charge in [-0.2, -0.15) is 13.2 Å². The molecule has 4 nitrogen and oxygen atoms in total. The number of nitrogens with zero attached hydrogens (tertiary/aromatic N) is 1. The number of benzene rings is 1. The molecule has 0 aliphatic carbocycles. The highest BCUT2D eigenvalue weighted by atomic mass is 35.5. The molecule has 0 fully saturated rings. The topological polar surface area (TPSA) is 70.6 Å². The molecule has 0 aliphatic heterocycles. The minimum absolute atomic E-state index is 0.0369. The van der Waals surface area contributed by atoms with Gasteiger partial charge in [0.25, 0.3) is 0 Å². The highest BCUT2D eigenvalue weighted by Gasteiger charge is 2.42. The van der Waals surface area contributed by atoms with E-state index >= 15 is 0 Å². The van der Waals surface area contributed by atoms with Crippen LogP contribution in [-0.4, -0.2) is 23.8 Å². The number of hydrogen-bond acceptors (Lipinski definition) is 3. The monoisotopic (exact) mass is 299 g/mol. The van der Waals surface area contributed by atoms with Gasteiger partial charge in [0.2, 0.25) is 0 Å². The normalized spacial score (nSPS) is 14.3. The van der Waals surface area contributed by atoms with Crippen LogP contribution < -0.4 is 11.1 Å². The summed E-state index contributed by atoms with van der Waals surface area (Å²) in [5.41, 5.74) is 5.03. The minimum Gasteiger partial charge on any atom is -0.409 e. The maximum Gasteiger partial charge on any atom is 0.400 e. The maximum absolute atomic E-state index is 13.0. The molecule has 0 saturated heterocycles. The second-order valence-electron chi connectivity index (χ2n) is 3.66. The lowest BCUT2D eigenvalue weighted by Crippen LogP contribution is -2.40. The van der Waals surface area contributed by atoms with Gasteiger partial charge in [0, 0.05) is 17.3 Å². The average molecular weight is 300 g/mol. The zero-order valence-electron chi connectivity index (χ0n) is 9.38. The predicted molar refractivity (Wildman–Crippen MR) is 62.9 cm³/mol. The van der Waals surface area contributed by atoms with Gasteiger partial charge in [-0.3, -0.25) is 0 Å². The molecular weight excluding hydrogens is 290 g/mol. The van der Waals surface area contributed by atoms with Crippen molar-refractivity contribution in [3.8, 4) is 0 Å². The number of halogens is 5. The van der Waals surface area contributed by atoms with Crippen molar-refractivity contribution in [3.63, 3.8) is 0 Å². The molecule has 9 heteroatoms. The van der Waals surface area contributed by atoms with E-state index in [2.05, 4.69) is 10.5 Å². The van der Waals surface area contributed by atoms with Crippen molar-refractivity contribution >= 4 is 23.1 Å². The first-order valence-electron chi connectivity index (χ1n) is 4.98. The number of alkyl halides is 3. The average Bonchev–Trinajstić information content (AvgIpc) is 2.25. The Morgan fingerprint density at radius 2 is 2.05 bits per heavy atom. The molecule has 0 aromatic heterocycles. The molecule has 1 aromatic rings. The van der Waals surface area contributed by atoms with Crippen LogP contribution in [0.15, 0.2) is 23.4 Å². The van der Waals surface area contributed by atoms with Gasteiger partial charge in [-0.25, -0.2) is 4.39 Å². The van der Waals surface area contributed by atoms with Crippen LogP contribution in [-0.2, 0) is 0 Å². The van der Waals surface area contributed by atoms with Crippen LogP contribution in [0, 0.1) is 11.7 Å². The van der Waals surface area contributed by atoms with Crippen molar-refractivity contribution in [3.05, 3.63) is 29.0 Å². The summed E-state index contributed by atoms with van der Waals surface area (Å²) in [6.45, 7) is -0.709. The van der Waals surface area contributed by atoms with Crippen LogP contribution in [0.5, 0.6) is 0 Å². The number of nitrogens with two attached hydrogens (primary N) is 1. The van der Waals surface area contributed by atoms with Gasteiger partial charge in [-0.1, -0.05) is 16.8 Å². The van der Waals surface area contributed by atoms with E-state index in [1.165, 1.54) is 6.07 Å². The van der Waals surface area contributed by atoms with Gasteiger partial charge >= 0.3 is 6.18 Å². The lowest BCUT2D eigenvalue weighted by atomic mass is 10.1.